The molecule has 1 rings (SSSR count). The van der Waals surface area contributed by atoms with Crippen molar-refractivity contribution in [3.05, 3.63) is 0 Å². The fourth-order valence-electron chi connectivity index (χ4n) is 1.94. The number of alkyl halides is 2. The fourth-order valence-corrected chi connectivity index (χ4v) is 1.94. The molecule has 1 saturated carbocycles. The molecule has 0 bridgehead atoms. The van der Waals surface area contributed by atoms with Gasteiger partial charge in [-0.3, -0.25) is 0 Å². The minimum absolute atomic E-state index is 0.128. The van der Waals surface area contributed by atoms with Crippen LogP contribution in [-0.2, 0) is 4.74 Å². The Labute approximate surface area is 106 Å². The van der Waals surface area contributed by atoms with E-state index in [0.29, 0.717) is 32.6 Å². The first-order valence-corrected chi connectivity index (χ1v) is 6.53. The van der Waals surface area contributed by atoms with Gasteiger partial charge in [-0.25, -0.2) is 13.6 Å². The van der Waals surface area contributed by atoms with Crippen LogP contribution in [0, 0.1) is 0 Å². The van der Waals surface area contributed by atoms with Gasteiger partial charge in [-0.05, 0) is 26.2 Å². The number of rotatable bonds is 6. The lowest BCUT2D eigenvalue weighted by Gasteiger charge is -2.28. The molecule has 0 radical (unpaired) electrons. The normalized spacial score (nSPS) is 19.5. The molecule has 2 amide bonds. The third-order valence-electron chi connectivity index (χ3n) is 3.01. The zero-order valence-electron chi connectivity index (χ0n) is 10.8. The van der Waals surface area contributed by atoms with Gasteiger partial charge in [0.05, 0.1) is 0 Å². The average molecular weight is 264 g/mol. The van der Waals surface area contributed by atoms with Crippen LogP contribution in [0.15, 0.2) is 0 Å². The smallest absolute Gasteiger partial charge is 0.315 e. The van der Waals surface area contributed by atoms with Crippen molar-refractivity contribution in [1.82, 2.24) is 10.6 Å². The zero-order chi connectivity index (χ0) is 13.4. The summed E-state index contributed by atoms with van der Waals surface area (Å²) in [6, 6.07) is -0.404. The summed E-state index contributed by atoms with van der Waals surface area (Å²) in [7, 11) is 0. The standard InChI is InChI=1S/C12H22F2N2O2/c1-2-18-9-3-8-15-11(17)16-10-4-6-12(13,14)7-5-10/h10H,2-9H2,1H3,(H2,15,16,17). The summed E-state index contributed by atoms with van der Waals surface area (Å²) in [5.41, 5.74) is 0. The van der Waals surface area contributed by atoms with E-state index in [9.17, 15) is 13.6 Å². The first-order valence-electron chi connectivity index (χ1n) is 6.53. The lowest BCUT2D eigenvalue weighted by Crippen LogP contribution is -2.45. The molecule has 6 heteroatoms. The fraction of sp³-hybridized carbons (Fsp3) is 0.917. The molecule has 1 aliphatic carbocycles. The van der Waals surface area contributed by atoms with E-state index < -0.39 is 5.92 Å². The predicted molar refractivity (Wildman–Crippen MR) is 64.8 cm³/mol. The molecule has 0 aliphatic heterocycles. The Bertz CT molecular complexity index is 252. The van der Waals surface area contributed by atoms with Crippen molar-refractivity contribution >= 4 is 6.03 Å². The summed E-state index contributed by atoms with van der Waals surface area (Å²) in [6.07, 6.45) is 1.17. The second kappa shape index (κ2) is 7.51. The molecule has 0 spiro atoms. The van der Waals surface area contributed by atoms with Crippen LogP contribution in [0.4, 0.5) is 13.6 Å². The summed E-state index contributed by atoms with van der Waals surface area (Å²) >= 11 is 0. The van der Waals surface area contributed by atoms with Crippen molar-refractivity contribution in [1.29, 1.82) is 0 Å². The van der Waals surface area contributed by atoms with Crippen LogP contribution in [-0.4, -0.2) is 37.8 Å². The Morgan fingerprint density at radius 2 is 2.06 bits per heavy atom. The molecule has 2 N–H and O–H groups in total. The summed E-state index contributed by atoms with van der Waals surface area (Å²) in [4.78, 5) is 11.5. The van der Waals surface area contributed by atoms with Gasteiger partial charge in [0.2, 0.25) is 5.92 Å². The number of carbonyl (C=O) groups is 1. The Morgan fingerprint density at radius 3 is 2.67 bits per heavy atom. The summed E-state index contributed by atoms with van der Waals surface area (Å²) in [5, 5.41) is 5.42. The van der Waals surface area contributed by atoms with E-state index in [1.165, 1.54) is 0 Å². The van der Waals surface area contributed by atoms with Gasteiger partial charge in [0.1, 0.15) is 0 Å². The van der Waals surface area contributed by atoms with Crippen molar-refractivity contribution in [2.45, 2.75) is 51.0 Å². The lowest BCUT2D eigenvalue weighted by molar-refractivity contribution is -0.0395. The maximum absolute atomic E-state index is 12.9. The van der Waals surface area contributed by atoms with E-state index in [2.05, 4.69) is 10.6 Å². The van der Waals surface area contributed by atoms with Gasteiger partial charge in [-0.15, -0.1) is 0 Å². The van der Waals surface area contributed by atoms with Crippen LogP contribution in [0.1, 0.15) is 39.0 Å². The first-order chi connectivity index (χ1) is 8.53. The third kappa shape index (κ3) is 6.14. The number of hydrogen-bond donors (Lipinski definition) is 2. The highest BCUT2D eigenvalue weighted by Gasteiger charge is 2.35. The summed E-state index contributed by atoms with van der Waals surface area (Å²) in [6.45, 7) is 3.74. The van der Waals surface area contributed by atoms with Crippen molar-refractivity contribution in [2.24, 2.45) is 0 Å². The maximum Gasteiger partial charge on any atom is 0.315 e. The first kappa shape index (κ1) is 15.1. The Hall–Kier alpha value is -0.910. The molecule has 0 aromatic carbocycles. The summed E-state index contributed by atoms with van der Waals surface area (Å²) < 4.78 is 30.9. The molecule has 0 aromatic rings. The number of carbonyl (C=O) groups excluding carboxylic acids is 1. The molecule has 0 saturated heterocycles. The van der Waals surface area contributed by atoms with E-state index in [1.807, 2.05) is 6.92 Å². The zero-order valence-corrected chi connectivity index (χ0v) is 10.8. The molecule has 0 atom stereocenters. The van der Waals surface area contributed by atoms with Crippen LogP contribution in [0.25, 0.3) is 0 Å². The maximum atomic E-state index is 12.9. The van der Waals surface area contributed by atoms with Crippen molar-refractivity contribution in [2.75, 3.05) is 19.8 Å². The van der Waals surface area contributed by atoms with Crippen LogP contribution in [0.2, 0.25) is 0 Å². The van der Waals surface area contributed by atoms with Gasteiger partial charge < -0.3 is 15.4 Å². The second-order valence-corrected chi connectivity index (χ2v) is 4.58. The van der Waals surface area contributed by atoms with Gasteiger partial charge in [-0.2, -0.15) is 0 Å². The predicted octanol–water partition coefficient (Wildman–Crippen LogP) is 2.29. The molecule has 18 heavy (non-hydrogen) atoms. The Balaban J connectivity index is 2.06. The van der Waals surface area contributed by atoms with E-state index in [0.717, 1.165) is 6.42 Å². The summed E-state index contributed by atoms with van der Waals surface area (Å²) in [5.74, 6) is -2.55. The topological polar surface area (TPSA) is 50.4 Å². The SMILES string of the molecule is CCOCCCNC(=O)NC1CCC(F)(F)CC1. The third-order valence-corrected chi connectivity index (χ3v) is 3.01. The number of urea groups is 1. The number of ether oxygens (including phenoxy) is 1. The van der Waals surface area contributed by atoms with E-state index in [4.69, 9.17) is 4.74 Å². The van der Waals surface area contributed by atoms with Gasteiger partial charge in [0.15, 0.2) is 0 Å². The minimum Gasteiger partial charge on any atom is -0.382 e. The molecular weight excluding hydrogens is 242 g/mol. The molecule has 0 unspecified atom stereocenters. The molecule has 106 valence electrons. The lowest BCUT2D eigenvalue weighted by atomic mass is 9.92. The van der Waals surface area contributed by atoms with Crippen LogP contribution >= 0.6 is 0 Å². The van der Waals surface area contributed by atoms with Crippen LogP contribution in [0.3, 0.4) is 0 Å². The van der Waals surface area contributed by atoms with E-state index in [1.54, 1.807) is 0 Å². The van der Waals surface area contributed by atoms with Gasteiger partial charge in [0, 0.05) is 38.6 Å². The Kier molecular flexibility index (Phi) is 6.32. The van der Waals surface area contributed by atoms with Crippen LogP contribution in [0.5, 0.6) is 0 Å². The molecule has 1 fully saturated rings. The number of halogens is 2. The van der Waals surface area contributed by atoms with Crippen molar-refractivity contribution < 1.29 is 18.3 Å². The van der Waals surface area contributed by atoms with Crippen molar-refractivity contribution in [3.63, 3.8) is 0 Å². The number of nitrogens with one attached hydrogen (secondary N) is 2. The van der Waals surface area contributed by atoms with Gasteiger partial charge in [0.25, 0.3) is 0 Å². The van der Waals surface area contributed by atoms with E-state index >= 15 is 0 Å². The molecule has 0 aromatic heterocycles. The number of amides is 2. The van der Waals surface area contributed by atoms with Gasteiger partial charge in [-0.1, -0.05) is 0 Å². The van der Waals surface area contributed by atoms with Crippen LogP contribution < -0.4 is 10.6 Å². The molecule has 0 heterocycles. The monoisotopic (exact) mass is 264 g/mol. The highest BCUT2D eigenvalue weighted by molar-refractivity contribution is 5.74. The quantitative estimate of drug-likeness (QED) is 0.723. The van der Waals surface area contributed by atoms with E-state index in [-0.39, 0.29) is 24.9 Å². The molecule has 1 aliphatic rings. The number of hydrogen-bond acceptors (Lipinski definition) is 2. The average Bonchev–Trinajstić information content (AvgIpc) is 2.32. The minimum atomic E-state index is -2.55. The highest BCUT2D eigenvalue weighted by atomic mass is 19.3. The Morgan fingerprint density at radius 1 is 1.39 bits per heavy atom. The second-order valence-electron chi connectivity index (χ2n) is 4.58. The van der Waals surface area contributed by atoms with Gasteiger partial charge >= 0.3 is 6.03 Å². The van der Waals surface area contributed by atoms with Crippen molar-refractivity contribution in [3.8, 4) is 0 Å². The molecular formula is C12H22F2N2O2. The highest BCUT2D eigenvalue weighted by Crippen LogP contribution is 2.32. The molecule has 4 nitrogen and oxygen atoms in total. The largest absolute Gasteiger partial charge is 0.382 e.